The highest BCUT2D eigenvalue weighted by molar-refractivity contribution is 7.99. The number of hydrogen-bond acceptors (Lipinski definition) is 8. The van der Waals surface area contributed by atoms with Gasteiger partial charge in [-0.3, -0.25) is 14.9 Å². The first-order valence-electron chi connectivity index (χ1n) is 6.96. The summed E-state index contributed by atoms with van der Waals surface area (Å²) in [5.74, 6) is 6.05. The number of anilines is 1. The second-order valence-corrected chi connectivity index (χ2v) is 6.65. The van der Waals surface area contributed by atoms with Gasteiger partial charge in [-0.25, -0.2) is 4.68 Å². The fourth-order valence-electron chi connectivity index (χ4n) is 2.00. The van der Waals surface area contributed by atoms with Gasteiger partial charge < -0.3 is 11.2 Å². The van der Waals surface area contributed by atoms with Gasteiger partial charge >= 0.3 is 0 Å². The van der Waals surface area contributed by atoms with Crippen molar-refractivity contribution >= 4 is 40.4 Å². The maximum Gasteiger partial charge on any atom is 0.292 e. The predicted octanol–water partition coefficient (Wildman–Crippen LogP) is 2.36. The maximum absolute atomic E-state index is 12.1. The average molecular weight is 376 g/mol. The van der Waals surface area contributed by atoms with Crippen LogP contribution in [-0.4, -0.2) is 31.5 Å². The van der Waals surface area contributed by atoms with Crippen molar-refractivity contribution in [3.05, 3.63) is 51.9 Å². The summed E-state index contributed by atoms with van der Waals surface area (Å²) in [6.07, 6.45) is 0. The van der Waals surface area contributed by atoms with Crippen LogP contribution in [0.3, 0.4) is 0 Å². The molecule has 3 aromatic rings. The highest BCUT2D eigenvalue weighted by Gasteiger charge is 2.17. The molecule has 0 atom stereocenters. The molecule has 1 amide bonds. The lowest BCUT2D eigenvalue weighted by Gasteiger charge is -2.05. The van der Waals surface area contributed by atoms with E-state index in [1.54, 1.807) is 6.07 Å². The number of carbonyl (C=O) groups excluding carboxylic acids is 1. The Bertz CT molecular complexity index is 909. The maximum atomic E-state index is 12.1. The summed E-state index contributed by atoms with van der Waals surface area (Å²) >= 11 is 2.57. The third-order valence-corrected chi connectivity index (χ3v) is 4.92. The highest BCUT2D eigenvalue weighted by Crippen LogP contribution is 2.26. The van der Waals surface area contributed by atoms with Gasteiger partial charge in [-0.15, -0.1) is 21.5 Å². The molecule has 2 aromatic heterocycles. The van der Waals surface area contributed by atoms with E-state index in [1.165, 1.54) is 34.2 Å². The van der Waals surface area contributed by atoms with Crippen LogP contribution in [0.5, 0.6) is 0 Å². The van der Waals surface area contributed by atoms with Crippen molar-refractivity contribution in [2.45, 2.75) is 5.16 Å². The molecule has 0 aliphatic heterocycles. The van der Waals surface area contributed by atoms with Gasteiger partial charge in [-0.1, -0.05) is 30.0 Å². The molecular weight excluding hydrogens is 364 g/mol. The monoisotopic (exact) mass is 376 g/mol. The van der Waals surface area contributed by atoms with Crippen LogP contribution in [0.1, 0.15) is 0 Å². The zero-order valence-electron chi connectivity index (χ0n) is 12.7. The van der Waals surface area contributed by atoms with E-state index < -0.39 is 10.8 Å². The van der Waals surface area contributed by atoms with Crippen LogP contribution in [0, 0.1) is 10.1 Å². The molecule has 3 N–H and O–H groups in total. The Hall–Kier alpha value is -2.92. The summed E-state index contributed by atoms with van der Waals surface area (Å²) in [5, 5.41) is 23.7. The average Bonchev–Trinajstić information content (AvgIpc) is 3.23. The minimum absolute atomic E-state index is 0.00811. The van der Waals surface area contributed by atoms with E-state index in [2.05, 4.69) is 15.5 Å². The smallest absolute Gasteiger partial charge is 0.292 e. The van der Waals surface area contributed by atoms with Crippen LogP contribution >= 0.6 is 23.1 Å². The normalized spacial score (nSPS) is 10.6. The van der Waals surface area contributed by atoms with Crippen molar-refractivity contribution < 1.29 is 9.72 Å². The highest BCUT2D eigenvalue weighted by atomic mass is 32.2. The second kappa shape index (κ2) is 7.32. The van der Waals surface area contributed by atoms with E-state index in [0.29, 0.717) is 11.0 Å². The summed E-state index contributed by atoms with van der Waals surface area (Å²) in [4.78, 5) is 23.3. The van der Waals surface area contributed by atoms with Crippen LogP contribution in [0.15, 0.2) is 46.9 Å². The number of nitrogen functional groups attached to an aromatic ring is 1. The van der Waals surface area contributed by atoms with Gasteiger partial charge in [0, 0.05) is 6.07 Å². The largest absolute Gasteiger partial charge is 0.335 e. The Morgan fingerprint density at radius 3 is 2.84 bits per heavy atom. The van der Waals surface area contributed by atoms with E-state index in [1.807, 2.05) is 17.5 Å². The molecule has 3 rings (SSSR count). The molecule has 0 aliphatic carbocycles. The number of rotatable bonds is 6. The number of carbonyl (C=O) groups is 1. The number of thiophene rings is 1. The quantitative estimate of drug-likeness (QED) is 0.292. The zero-order chi connectivity index (χ0) is 17.8. The van der Waals surface area contributed by atoms with Crippen LogP contribution < -0.4 is 11.2 Å². The van der Waals surface area contributed by atoms with Crippen LogP contribution in [0.2, 0.25) is 0 Å². The number of nitrogens with zero attached hydrogens (tertiary/aromatic N) is 4. The molecule has 0 saturated carbocycles. The lowest BCUT2D eigenvalue weighted by molar-refractivity contribution is -0.383. The Balaban J connectivity index is 1.65. The van der Waals surface area contributed by atoms with Crippen LogP contribution in [-0.2, 0) is 4.79 Å². The van der Waals surface area contributed by atoms with Gasteiger partial charge in [0.1, 0.15) is 5.69 Å². The van der Waals surface area contributed by atoms with E-state index in [0.717, 1.165) is 16.6 Å². The first-order valence-corrected chi connectivity index (χ1v) is 8.83. The first-order chi connectivity index (χ1) is 12.1. The molecule has 1 aromatic carbocycles. The summed E-state index contributed by atoms with van der Waals surface area (Å²) in [6.45, 7) is 0. The molecule has 25 heavy (non-hydrogen) atoms. The lowest BCUT2D eigenvalue weighted by Crippen LogP contribution is -2.17. The number of nitro benzene ring substituents is 1. The van der Waals surface area contributed by atoms with E-state index in [4.69, 9.17) is 5.84 Å². The Labute approximate surface area is 150 Å². The Morgan fingerprint density at radius 1 is 1.32 bits per heavy atom. The zero-order valence-corrected chi connectivity index (χ0v) is 14.3. The topological polar surface area (TPSA) is 129 Å². The van der Waals surface area contributed by atoms with Crippen molar-refractivity contribution in [3.63, 3.8) is 0 Å². The molecule has 2 heterocycles. The summed E-state index contributed by atoms with van der Waals surface area (Å²) in [5.41, 5.74) is -0.0191. The molecule has 0 bridgehead atoms. The van der Waals surface area contributed by atoms with E-state index in [-0.39, 0.29) is 17.1 Å². The standard InChI is InChI=1S/C14H12N6O3S2/c15-19-13(11-6-3-7-24-11)17-18-14(19)25-8-12(21)16-9-4-1-2-5-10(9)20(22)23/h1-7H,8,15H2,(H,16,21). The first kappa shape index (κ1) is 16.9. The van der Waals surface area contributed by atoms with Crippen molar-refractivity contribution in [1.29, 1.82) is 0 Å². The van der Waals surface area contributed by atoms with Crippen molar-refractivity contribution in [1.82, 2.24) is 14.9 Å². The summed E-state index contributed by atoms with van der Waals surface area (Å²) in [7, 11) is 0. The number of nitrogens with two attached hydrogens (primary N) is 1. The van der Waals surface area contributed by atoms with Crippen molar-refractivity contribution in [3.8, 4) is 10.7 Å². The third kappa shape index (κ3) is 3.78. The number of hydrogen-bond donors (Lipinski definition) is 2. The van der Waals surface area contributed by atoms with Gasteiger partial charge in [0.2, 0.25) is 11.1 Å². The number of benzene rings is 1. The van der Waals surface area contributed by atoms with E-state index >= 15 is 0 Å². The third-order valence-electron chi connectivity index (χ3n) is 3.11. The summed E-state index contributed by atoms with van der Waals surface area (Å²) < 4.78 is 1.31. The molecule has 0 fully saturated rings. The Kier molecular flexibility index (Phi) is 4.95. The number of amides is 1. The number of para-hydroxylation sites is 2. The van der Waals surface area contributed by atoms with E-state index in [9.17, 15) is 14.9 Å². The van der Waals surface area contributed by atoms with Crippen LogP contribution in [0.4, 0.5) is 11.4 Å². The van der Waals surface area contributed by atoms with Crippen LogP contribution in [0.25, 0.3) is 10.7 Å². The van der Waals surface area contributed by atoms with Gasteiger partial charge in [0.25, 0.3) is 5.69 Å². The second-order valence-electron chi connectivity index (χ2n) is 4.76. The Morgan fingerprint density at radius 2 is 2.12 bits per heavy atom. The van der Waals surface area contributed by atoms with Gasteiger partial charge in [-0.2, -0.15) is 0 Å². The molecular formula is C14H12N6O3S2. The molecule has 11 heteroatoms. The lowest BCUT2D eigenvalue weighted by atomic mass is 10.2. The molecule has 0 radical (unpaired) electrons. The van der Waals surface area contributed by atoms with Gasteiger partial charge in [0.15, 0.2) is 5.82 Å². The number of thioether (sulfide) groups is 1. The van der Waals surface area contributed by atoms with Gasteiger partial charge in [0.05, 0.1) is 15.6 Å². The fraction of sp³-hybridized carbons (Fsp3) is 0.0714. The minimum Gasteiger partial charge on any atom is -0.335 e. The molecule has 9 nitrogen and oxygen atoms in total. The molecule has 128 valence electrons. The predicted molar refractivity (Wildman–Crippen MR) is 95.9 cm³/mol. The van der Waals surface area contributed by atoms with Gasteiger partial charge in [-0.05, 0) is 17.5 Å². The molecule has 0 spiro atoms. The fourth-order valence-corrected chi connectivity index (χ4v) is 3.37. The number of aromatic nitrogens is 3. The SMILES string of the molecule is Nn1c(SCC(=O)Nc2ccccc2[N+](=O)[O-])nnc1-c1cccs1. The molecule has 0 unspecified atom stereocenters. The van der Waals surface area contributed by atoms with Crippen molar-refractivity contribution in [2.24, 2.45) is 0 Å². The number of nitro groups is 1. The summed E-state index contributed by atoms with van der Waals surface area (Å²) in [6, 6.07) is 9.69. The molecule has 0 aliphatic rings. The minimum atomic E-state index is -0.549. The molecule has 0 saturated heterocycles. The van der Waals surface area contributed by atoms with Crippen molar-refractivity contribution in [2.75, 3.05) is 16.9 Å². The number of nitrogens with one attached hydrogen (secondary N) is 1.